The van der Waals surface area contributed by atoms with Gasteiger partial charge in [-0.25, -0.2) is 4.39 Å². The molecule has 7 nitrogen and oxygen atoms in total. The van der Waals surface area contributed by atoms with Crippen molar-refractivity contribution in [2.75, 3.05) is 5.32 Å². The standard InChI is InChI=1S/C22H18FN5O2/c1-14-9-10-15(12-18(14)25-22(30)16-6-2-3-7-17(16)23)21(29)24-13-20-27-26-19-8-4-5-11-28(19)20/h2-12H,13H2,1H3,(H,24,29)(H,25,30). The van der Waals surface area contributed by atoms with Crippen LogP contribution in [0.1, 0.15) is 32.1 Å². The molecule has 30 heavy (non-hydrogen) atoms. The van der Waals surface area contributed by atoms with Crippen molar-refractivity contribution in [1.82, 2.24) is 19.9 Å². The number of carbonyl (C=O) groups is 2. The number of rotatable bonds is 5. The Morgan fingerprint density at radius 3 is 2.63 bits per heavy atom. The number of aryl methyl sites for hydroxylation is 1. The van der Waals surface area contributed by atoms with Crippen molar-refractivity contribution in [3.8, 4) is 0 Å². The molecular formula is C22H18FN5O2. The number of benzene rings is 2. The minimum absolute atomic E-state index is 0.0644. The molecule has 2 aromatic carbocycles. The summed E-state index contributed by atoms with van der Waals surface area (Å²) in [4.78, 5) is 25.0. The van der Waals surface area contributed by atoms with Crippen LogP contribution in [-0.2, 0) is 6.54 Å². The van der Waals surface area contributed by atoms with Crippen LogP contribution < -0.4 is 10.6 Å². The van der Waals surface area contributed by atoms with E-state index in [0.717, 1.165) is 5.56 Å². The van der Waals surface area contributed by atoms with E-state index >= 15 is 0 Å². The van der Waals surface area contributed by atoms with Crippen molar-refractivity contribution in [2.45, 2.75) is 13.5 Å². The molecule has 8 heteroatoms. The molecular weight excluding hydrogens is 385 g/mol. The Bertz CT molecular complexity index is 1250. The second-order valence-electron chi connectivity index (χ2n) is 6.69. The van der Waals surface area contributed by atoms with Crippen LogP contribution in [0.2, 0.25) is 0 Å². The minimum Gasteiger partial charge on any atom is -0.345 e. The van der Waals surface area contributed by atoms with E-state index in [-0.39, 0.29) is 18.0 Å². The van der Waals surface area contributed by atoms with Gasteiger partial charge in [0.1, 0.15) is 5.82 Å². The molecule has 0 unspecified atom stereocenters. The van der Waals surface area contributed by atoms with Gasteiger partial charge in [-0.15, -0.1) is 10.2 Å². The Balaban J connectivity index is 1.49. The molecule has 0 aliphatic carbocycles. The number of nitrogens with zero attached hydrogens (tertiary/aromatic N) is 3. The van der Waals surface area contributed by atoms with Crippen molar-refractivity contribution in [1.29, 1.82) is 0 Å². The summed E-state index contributed by atoms with van der Waals surface area (Å²) in [7, 11) is 0. The molecule has 4 rings (SSSR count). The van der Waals surface area contributed by atoms with Gasteiger partial charge in [0, 0.05) is 17.4 Å². The highest BCUT2D eigenvalue weighted by molar-refractivity contribution is 6.05. The number of hydrogen-bond acceptors (Lipinski definition) is 4. The number of nitrogens with one attached hydrogen (secondary N) is 2. The Morgan fingerprint density at radius 2 is 1.80 bits per heavy atom. The molecule has 0 atom stereocenters. The number of carbonyl (C=O) groups excluding carboxylic acids is 2. The van der Waals surface area contributed by atoms with Crippen molar-refractivity contribution < 1.29 is 14.0 Å². The van der Waals surface area contributed by atoms with Crippen LogP contribution in [0.25, 0.3) is 5.65 Å². The van der Waals surface area contributed by atoms with Crippen LogP contribution in [0.3, 0.4) is 0 Å². The van der Waals surface area contributed by atoms with E-state index in [1.165, 1.54) is 18.2 Å². The van der Waals surface area contributed by atoms with E-state index in [1.54, 1.807) is 35.6 Å². The Hall–Kier alpha value is -4.07. The molecule has 2 N–H and O–H groups in total. The summed E-state index contributed by atoms with van der Waals surface area (Å²) in [6.07, 6.45) is 1.82. The summed E-state index contributed by atoms with van der Waals surface area (Å²) in [5.74, 6) is -0.922. The number of hydrogen-bond donors (Lipinski definition) is 2. The second-order valence-corrected chi connectivity index (χ2v) is 6.69. The number of anilines is 1. The first kappa shape index (κ1) is 19.3. The lowest BCUT2D eigenvalue weighted by atomic mass is 10.1. The lowest BCUT2D eigenvalue weighted by Gasteiger charge is -2.11. The fraction of sp³-hybridized carbons (Fsp3) is 0.0909. The SMILES string of the molecule is Cc1ccc(C(=O)NCc2nnc3ccccn23)cc1NC(=O)c1ccccc1F. The van der Waals surface area contributed by atoms with Gasteiger partial charge in [-0.3, -0.25) is 14.0 Å². The maximum absolute atomic E-state index is 13.9. The molecule has 2 heterocycles. The molecule has 4 aromatic rings. The number of pyridine rings is 1. The quantitative estimate of drug-likeness (QED) is 0.535. The normalized spacial score (nSPS) is 10.7. The molecule has 0 bridgehead atoms. The molecule has 0 saturated carbocycles. The van der Waals surface area contributed by atoms with E-state index in [1.807, 2.05) is 24.4 Å². The molecule has 150 valence electrons. The van der Waals surface area contributed by atoms with Crippen molar-refractivity contribution in [3.63, 3.8) is 0 Å². The van der Waals surface area contributed by atoms with Crippen LogP contribution in [0.15, 0.2) is 66.9 Å². The average Bonchev–Trinajstić information content (AvgIpc) is 3.17. The highest BCUT2D eigenvalue weighted by Crippen LogP contribution is 2.19. The van der Waals surface area contributed by atoms with Crippen LogP contribution in [-0.4, -0.2) is 26.4 Å². The van der Waals surface area contributed by atoms with Crippen LogP contribution in [0.5, 0.6) is 0 Å². The third kappa shape index (κ3) is 3.88. The van der Waals surface area contributed by atoms with Gasteiger partial charge in [0.25, 0.3) is 11.8 Å². The fourth-order valence-electron chi connectivity index (χ4n) is 3.01. The lowest BCUT2D eigenvalue weighted by Crippen LogP contribution is -2.24. The lowest BCUT2D eigenvalue weighted by molar-refractivity contribution is 0.0948. The fourth-order valence-corrected chi connectivity index (χ4v) is 3.01. The zero-order valence-corrected chi connectivity index (χ0v) is 16.1. The van der Waals surface area contributed by atoms with Crippen LogP contribution in [0.4, 0.5) is 10.1 Å². The van der Waals surface area contributed by atoms with Gasteiger partial charge in [-0.2, -0.15) is 0 Å². The van der Waals surface area contributed by atoms with Gasteiger partial charge in [-0.05, 0) is 48.9 Å². The first-order valence-corrected chi connectivity index (χ1v) is 9.26. The van der Waals surface area contributed by atoms with Crippen molar-refractivity contribution >= 4 is 23.1 Å². The van der Waals surface area contributed by atoms with Gasteiger partial charge in [0.2, 0.25) is 0 Å². The van der Waals surface area contributed by atoms with Crippen molar-refractivity contribution in [2.24, 2.45) is 0 Å². The Labute approximate surface area is 171 Å². The topological polar surface area (TPSA) is 88.4 Å². The summed E-state index contributed by atoms with van der Waals surface area (Å²) in [6.45, 7) is 1.98. The van der Waals surface area contributed by atoms with E-state index in [9.17, 15) is 14.0 Å². The van der Waals surface area contributed by atoms with Crippen LogP contribution >= 0.6 is 0 Å². The van der Waals surface area contributed by atoms with Crippen LogP contribution in [0, 0.1) is 12.7 Å². The van der Waals surface area contributed by atoms with Gasteiger partial charge in [-0.1, -0.05) is 24.3 Å². The minimum atomic E-state index is -0.609. The zero-order chi connectivity index (χ0) is 21.1. The Morgan fingerprint density at radius 1 is 1.00 bits per heavy atom. The highest BCUT2D eigenvalue weighted by atomic mass is 19.1. The molecule has 0 aliphatic rings. The Kier molecular flexibility index (Phi) is 5.21. The third-order valence-corrected chi connectivity index (χ3v) is 4.66. The maximum Gasteiger partial charge on any atom is 0.258 e. The van der Waals surface area contributed by atoms with E-state index in [0.29, 0.717) is 22.7 Å². The monoisotopic (exact) mass is 403 g/mol. The number of aromatic nitrogens is 3. The number of amides is 2. The van der Waals surface area contributed by atoms with Gasteiger partial charge in [0.15, 0.2) is 11.5 Å². The van der Waals surface area contributed by atoms with E-state index in [4.69, 9.17) is 0 Å². The van der Waals surface area contributed by atoms with Gasteiger partial charge < -0.3 is 10.6 Å². The number of fused-ring (bicyclic) bond motifs is 1. The predicted molar refractivity (Wildman–Crippen MR) is 110 cm³/mol. The smallest absolute Gasteiger partial charge is 0.258 e. The second kappa shape index (κ2) is 8.12. The molecule has 0 aliphatic heterocycles. The number of halogens is 1. The summed E-state index contributed by atoms with van der Waals surface area (Å²) in [6, 6.07) is 16.2. The summed E-state index contributed by atoms with van der Waals surface area (Å²) in [5.41, 5.74) is 2.17. The first-order valence-electron chi connectivity index (χ1n) is 9.26. The summed E-state index contributed by atoms with van der Waals surface area (Å²) in [5, 5.41) is 13.6. The zero-order valence-electron chi connectivity index (χ0n) is 16.1. The molecule has 0 spiro atoms. The van der Waals surface area contributed by atoms with E-state index < -0.39 is 11.7 Å². The summed E-state index contributed by atoms with van der Waals surface area (Å²) < 4.78 is 15.6. The average molecular weight is 403 g/mol. The summed E-state index contributed by atoms with van der Waals surface area (Å²) >= 11 is 0. The first-order chi connectivity index (χ1) is 14.5. The predicted octanol–water partition coefficient (Wildman–Crippen LogP) is 3.36. The molecule has 0 fully saturated rings. The largest absolute Gasteiger partial charge is 0.345 e. The molecule has 0 radical (unpaired) electrons. The van der Waals surface area contributed by atoms with E-state index in [2.05, 4.69) is 20.8 Å². The van der Waals surface area contributed by atoms with Gasteiger partial charge in [0.05, 0.1) is 12.1 Å². The third-order valence-electron chi connectivity index (χ3n) is 4.66. The maximum atomic E-state index is 13.9. The molecule has 2 amide bonds. The molecule has 0 saturated heterocycles. The van der Waals surface area contributed by atoms with Crippen molar-refractivity contribution in [3.05, 3.63) is 95.2 Å². The highest BCUT2D eigenvalue weighted by Gasteiger charge is 2.14. The molecule has 2 aromatic heterocycles. The van der Waals surface area contributed by atoms with Gasteiger partial charge >= 0.3 is 0 Å².